The van der Waals surface area contributed by atoms with Crippen molar-refractivity contribution in [1.82, 2.24) is 9.97 Å². The first-order valence-corrected chi connectivity index (χ1v) is 13.6. The highest BCUT2D eigenvalue weighted by Crippen LogP contribution is 2.44. The molecule has 0 spiro atoms. The van der Waals surface area contributed by atoms with Crippen LogP contribution in [0.2, 0.25) is 0 Å². The number of aromatic nitrogens is 2. The number of ketones is 1. The number of carbonyl (C=O) groups excluding carboxylic acids is 2. The quantitative estimate of drug-likeness (QED) is 0.174. The number of methoxy groups -OCH3 is 1. The molecule has 4 aromatic rings. The lowest BCUT2D eigenvalue weighted by atomic mass is 9.85. The Balaban J connectivity index is 1.76. The summed E-state index contributed by atoms with van der Waals surface area (Å²) in [6.45, 7) is 10.2. The number of aryl methyl sites for hydroxylation is 2. The fourth-order valence-corrected chi connectivity index (χ4v) is 5.20. The molecule has 1 aliphatic heterocycles. The van der Waals surface area contributed by atoms with Crippen molar-refractivity contribution in [2.24, 2.45) is 0 Å². The Kier molecular flexibility index (Phi) is 6.89. The summed E-state index contributed by atoms with van der Waals surface area (Å²) in [5.41, 5.74) is 6.26. The van der Waals surface area contributed by atoms with E-state index in [-0.39, 0.29) is 22.7 Å². The second-order valence-corrected chi connectivity index (χ2v) is 11.8. The minimum absolute atomic E-state index is 0.0234. The molecule has 1 amide bonds. The molecule has 41 heavy (non-hydrogen) atoms. The largest absolute Gasteiger partial charge is 0.507 e. The lowest BCUT2D eigenvalue weighted by Gasteiger charge is -2.24. The van der Waals surface area contributed by atoms with Crippen molar-refractivity contribution in [2.75, 3.05) is 31.0 Å². The fraction of sp³-hybridized carbons (Fsp3) is 0.303. The molecule has 3 aromatic carbocycles. The molecule has 2 N–H and O–H groups in total. The zero-order valence-electron chi connectivity index (χ0n) is 24.8. The number of fused-ring (bicyclic) bond motifs is 1. The molecule has 8 nitrogen and oxygen atoms in total. The lowest BCUT2D eigenvalue weighted by molar-refractivity contribution is -0.132. The molecule has 1 fully saturated rings. The molecule has 1 saturated heterocycles. The number of aliphatic hydroxyl groups is 1. The standard InChI is InChI=1S/C33H36N4O4/c1-18-15-24-25(16-19(18)2)35-32(34-24)37-28(20-9-12-22(13-10-20)36(6)7)27(30(39)31(37)40)29(38)23-17-21(33(3,4)5)11-14-26(23)41-8/h9-17,28,38H,1-8H3,(H,34,35)/b29-27+. The van der Waals surface area contributed by atoms with Gasteiger partial charge in [0.2, 0.25) is 5.95 Å². The molecule has 0 radical (unpaired) electrons. The third-order valence-corrected chi connectivity index (χ3v) is 7.80. The predicted molar refractivity (Wildman–Crippen MR) is 163 cm³/mol. The van der Waals surface area contributed by atoms with Crippen molar-refractivity contribution in [3.63, 3.8) is 0 Å². The molecule has 5 rings (SSSR count). The predicted octanol–water partition coefficient (Wildman–Crippen LogP) is 6.18. The Morgan fingerprint density at radius 3 is 2.27 bits per heavy atom. The van der Waals surface area contributed by atoms with Gasteiger partial charge in [0.25, 0.3) is 5.78 Å². The molecule has 1 aromatic heterocycles. The van der Waals surface area contributed by atoms with E-state index in [0.717, 1.165) is 27.9 Å². The van der Waals surface area contributed by atoms with E-state index >= 15 is 0 Å². The number of ether oxygens (including phenoxy) is 1. The number of nitrogens with zero attached hydrogens (tertiary/aromatic N) is 3. The average Bonchev–Trinajstić information content (AvgIpc) is 3.44. The summed E-state index contributed by atoms with van der Waals surface area (Å²) in [4.78, 5) is 38.8. The van der Waals surface area contributed by atoms with Gasteiger partial charge in [-0.05, 0) is 77.9 Å². The third-order valence-electron chi connectivity index (χ3n) is 7.80. The summed E-state index contributed by atoms with van der Waals surface area (Å²) in [6, 6.07) is 16.1. The average molecular weight is 553 g/mol. The number of aromatic amines is 1. The van der Waals surface area contributed by atoms with Gasteiger partial charge in [0.1, 0.15) is 11.5 Å². The van der Waals surface area contributed by atoms with Gasteiger partial charge in [-0.1, -0.05) is 39.0 Å². The first-order valence-electron chi connectivity index (χ1n) is 13.6. The number of hydrogen-bond acceptors (Lipinski definition) is 6. The smallest absolute Gasteiger partial charge is 0.302 e. The van der Waals surface area contributed by atoms with Crippen molar-refractivity contribution in [3.05, 3.63) is 88.0 Å². The zero-order valence-corrected chi connectivity index (χ0v) is 24.8. The molecule has 1 unspecified atom stereocenters. The van der Waals surface area contributed by atoms with Crippen molar-refractivity contribution < 1.29 is 19.4 Å². The number of rotatable bonds is 5. The molecule has 1 aliphatic rings. The summed E-state index contributed by atoms with van der Waals surface area (Å²) in [5, 5.41) is 11.8. The van der Waals surface area contributed by atoms with Crippen LogP contribution in [0.15, 0.2) is 60.2 Å². The summed E-state index contributed by atoms with van der Waals surface area (Å²) >= 11 is 0. The Morgan fingerprint density at radius 1 is 1.00 bits per heavy atom. The van der Waals surface area contributed by atoms with Crippen LogP contribution < -0.4 is 14.5 Å². The van der Waals surface area contributed by atoms with Gasteiger partial charge in [-0.25, -0.2) is 4.98 Å². The summed E-state index contributed by atoms with van der Waals surface area (Å²) in [6.07, 6.45) is 0. The second-order valence-electron chi connectivity index (χ2n) is 11.8. The van der Waals surface area contributed by atoms with Crippen LogP contribution in [0.25, 0.3) is 16.8 Å². The van der Waals surface area contributed by atoms with Gasteiger partial charge in [0.05, 0.1) is 35.3 Å². The number of H-pyrrole nitrogens is 1. The molecule has 1 atom stereocenters. The number of benzene rings is 3. The molecule has 0 aliphatic carbocycles. The van der Waals surface area contributed by atoms with Gasteiger partial charge in [0.15, 0.2) is 0 Å². The van der Waals surface area contributed by atoms with Crippen LogP contribution in [-0.2, 0) is 15.0 Å². The van der Waals surface area contributed by atoms with Crippen molar-refractivity contribution in [2.45, 2.75) is 46.1 Å². The van der Waals surface area contributed by atoms with E-state index in [1.807, 2.05) is 81.4 Å². The molecule has 0 saturated carbocycles. The number of imidazole rings is 1. The van der Waals surface area contributed by atoms with E-state index in [4.69, 9.17) is 9.72 Å². The van der Waals surface area contributed by atoms with Crippen LogP contribution in [0.3, 0.4) is 0 Å². The normalized spacial score (nSPS) is 17.0. The molecular formula is C33H36N4O4. The van der Waals surface area contributed by atoms with Crippen molar-refractivity contribution in [1.29, 1.82) is 0 Å². The number of carbonyl (C=O) groups is 2. The molecule has 8 heteroatoms. The Labute approximate surface area is 240 Å². The van der Waals surface area contributed by atoms with Gasteiger partial charge in [-0.15, -0.1) is 0 Å². The van der Waals surface area contributed by atoms with Gasteiger partial charge in [-0.2, -0.15) is 0 Å². The van der Waals surface area contributed by atoms with Crippen LogP contribution in [0.5, 0.6) is 5.75 Å². The van der Waals surface area contributed by atoms with Crippen LogP contribution >= 0.6 is 0 Å². The second kappa shape index (κ2) is 10.1. The number of anilines is 2. The fourth-order valence-electron chi connectivity index (χ4n) is 5.20. The van der Waals surface area contributed by atoms with Gasteiger partial charge < -0.3 is 19.7 Å². The van der Waals surface area contributed by atoms with E-state index in [9.17, 15) is 14.7 Å². The van der Waals surface area contributed by atoms with E-state index in [1.165, 1.54) is 12.0 Å². The van der Waals surface area contributed by atoms with Crippen molar-refractivity contribution in [3.8, 4) is 5.75 Å². The first-order chi connectivity index (χ1) is 19.3. The maximum absolute atomic E-state index is 13.8. The van der Waals surface area contributed by atoms with Crippen LogP contribution in [0.1, 0.15) is 54.6 Å². The van der Waals surface area contributed by atoms with E-state index in [2.05, 4.69) is 25.8 Å². The highest BCUT2D eigenvalue weighted by molar-refractivity contribution is 6.51. The summed E-state index contributed by atoms with van der Waals surface area (Å²) in [7, 11) is 5.39. The SMILES string of the molecule is COc1ccc(C(C)(C)C)cc1/C(O)=C1\C(=O)C(=O)N(c2nc3cc(C)c(C)cc3[nH]2)C1c1ccc(N(C)C)cc1. The number of nitrogens with one attached hydrogen (secondary N) is 1. The molecular weight excluding hydrogens is 516 g/mol. The van der Waals surface area contributed by atoms with E-state index < -0.39 is 17.7 Å². The van der Waals surface area contributed by atoms with Crippen LogP contribution in [-0.4, -0.2) is 48.0 Å². The third kappa shape index (κ3) is 4.84. The number of amides is 1. The molecule has 0 bridgehead atoms. The zero-order chi connectivity index (χ0) is 29.8. The molecule has 2 heterocycles. The number of Topliss-reactive ketones (excluding diaryl/α,β-unsaturated/α-hetero) is 1. The Hall–Kier alpha value is -4.59. The van der Waals surface area contributed by atoms with Gasteiger partial charge in [0, 0.05) is 19.8 Å². The maximum Gasteiger partial charge on any atom is 0.302 e. The Morgan fingerprint density at radius 2 is 1.66 bits per heavy atom. The van der Waals surface area contributed by atoms with Crippen LogP contribution in [0.4, 0.5) is 11.6 Å². The number of aliphatic hydroxyl groups excluding tert-OH is 1. The van der Waals surface area contributed by atoms with E-state index in [0.29, 0.717) is 22.4 Å². The lowest BCUT2D eigenvalue weighted by Crippen LogP contribution is -2.30. The summed E-state index contributed by atoms with van der Waals surface area (Å²) < 4.78 is 5.58. The van der Waals surface area contributed by atoms with Crippen LogP contribution in [0, 0.1) is 13.8 Å². The minimum atomic E-state index is -0.919. The summed E-state index contributed by atoms with van der Waals surface area (Å²) in [5.74, 6) is -1.22. The van der Waals surface area contributed by atoms with E-state index in [1.54, 1.807) is 6.07 Å². The maximum atomic E-state index is 13.8. The number of hydrogen-bond donors (Lipinski definition) is 2. The minimum Gasteiger partial charge on any atom is -0.507 e. The monoisotopic (exact) mass is 552 g/mol. The topological polar surface area (TPSA) is 98.8 Å². The Bertz CT molecular complexity index is 1670. The molecule has 212 valence electrons. The van der Waals surface area contributed by atoms with Gasteiger partial charge >= 0.3 is 5.91 Å². The van der Waals surface area contributed by atoms with Crippen molar-refractivity contribution >= 4 is 40.1 Å². The first kappa shape index (κ1) is 28.0. The highest BCUT2D eigenvalue weighted by Gasteiger charge is 2.48. The highest BCUT2D eigenvalue weighted by atomic mass is 16.5. The van der Waals surface area contributed by atoms with Gasteiger partial charge in [-0.3, -0.25) is 14.5 Å².